The number of hydrogen-bond acceptors (Lipinski definition) is 4. The third-order valence-corrected chi connectivity index (χ3v) is 4.61. The molecule has 0 radical (unpaired) electrons. The van der Waals surface area contributed by atoms with E-state index in [0.29, 0.717) is 23.0 Å². The Morgan fingerprint density at radius 1 is 1.21 bits per heavy atom. The van der Waals surface area contributed by atoms with Crippen molar-refractivity contribution in [3.63, 3.8) is 0 Å². The highest BCUT2D eigenvalue weighted by molar-refractivity contribution is 6.31. The topological polar surface area (TPSA) is 73.2 Å². The van der Waals surface area contributed by atoms with Gasteiger partial charge in [0.2, 0.25) is 5.91 Å². The summed E-state index contributed by atoms with van der Waals surface area (Å²) in [5.41, 5.74) is 2.41. The van der Waals surface area contributed by atoms with Gasteiger partial charge in [0, 0.05) is 22.3 Å². The van der Waals surface area contributed by atoms with Gasteiger partial charge >= 0.3 is 0 Å². The molecule has 0 atom stereocenters. The van der Waals surface area contributed by atoms with Gasteiger partial charge in [0.1, 0.15) is 12.3 Å². The summed E-state index contributed by atoms with van der Waals surface area (Å²) < 4.78 is 6.67. The van der Waals surface area contributed by atoms with Gasteiger partial charge in [-0.15, -0.1) is 0 Å². The zero-order valence-corrected chi connectivity index (χ0v) is 16.4. The van der Waals surface area contributed by atoms with Crippen molar-refractivity contribution in [1.29, 1.82) is 0 Å². The Hall–Kier alpha value is -3.12. The average molecular weight is 398 g/mol. The number of carbonyl (C=O) groups excluding carboxylic acids is 1. The van der Waals surface area contributed by atoms with Crippen molar-refractivity contribution >= 4 is 23.2 Å². The van der Waals surface area contributed by atoms with Crippen LogP contribution in [0.25, 0.3) is 11.3 Å². The van der Waals surface area contributed by atoms with E-state index in [1.807, 2.05) is 38.1 Å². The molecule has 3 rings (SSSR count). The molecule has 0 fully saturated rings. The van der Waals surface area contributed by atoms with E-state index in [-0.39, 0.29) is 18.0 Å². The third-order valence-electron chi connectivity index (χ3n) is 4.20. The summed E-state index contributed by atoms with van der Waals surface area (Å²) in [5.74, 6) is 0.427. The van der Waals surface area contributed by atoms with Gasteiger partial charge in [-0.3, -0.25) is 14.2 Å². The lowest BCUT2D eigenvalue weighted by atomic mass is 10.1. The summed E-state index contributed by atoms with van der Waals surface area (Å²) in [4.78, 5) is 29.0. The van der Waals surface area contributed by atoms with Crippen molar-refractivity contribution in [3.8, 4) is 17.0 Å². The van der Waals surface area contributed by atoms with Crippen molar-refractivity contribution in [1.82, 2.24) is 9.55 Å². The normalized spacial score (nSPS) is 10.5. The van der Waals surface area contributed by atoms with Crippen LogP contribution in [0.1, 0.15) is 12.5 Å². The molecule has 1 aromatic heterocycles. The molecule has 0 aliphatic heterocycles. The van der Waals surface area contributed by atoms with Gasteiger partial charge in [-0.2, -0.15) is 0 Å². The Morgan fingerprint density at radius 2 is 1.96 bits per heavy atom. The molecule has 1 heterocycles. The molecule has 2 aromatic carbocycles. The van der Waals surface area contributed by atoms with E-state index >= 15 is 0 Å². The van der Waals surface area contributed by atoms with Crippen LogP contribution in [0.3, 0.4) is 0 Å². The highest BCUT2D eigenvalue weighted by Gasteiger charge is 2.10. The smallest absolute Gasteiger partial charge is 0.254 e. The van der Waals surface area contributed by atoms with Gasteiger partial charge < -0.3 is 10.1 Å². The van der Waals surface area contributed by atoms with Crippen molar-refractivity contribution in [2.75, 3.05) is 11.9 Å². The average Bonchev–Trinajstić information content (AvgIpc) is 2.68. The number of anilines is 1. The van der Waals surface area contributed by atoms with Crippen molar-refractivity contribution in [2.45, 2.75) is 20.4 Å². The minimum Gasteiger partial charge on any atom is -0.494 e. The number of rotatable bonds is 6. The molecule has 0 aliphatic rings. The molecule has 0 saturated carbocycles. The number of ether oxygens (including phenoxy) is 1. The first-order chi connectivity index (χ1) is 13.5. The number of hydrogen-bond donors (Lipinski definition) is 1. The maximum absolute atomic E-state index is 12.4. The molecule has 144 valence electrons. The molecule has 1 amide bonds. The van der Waals surface area contributed by atoms with E-state index in [4.69, 9.17) is 16.3 Å². The number of nitrogens with zero attached hydrogens (tertiary/aromatic N) is 2. The van der Waals surface area contributed by atoms with Gasteiger partial charge in [-0.1, -0.05) is 17.7 Å². The summed E-state index contributed by atoms with van der Waals surface area (Å²) in [6, 6.07) is 14.0. The maximum Gasteiger partial charge on any atom is 0.254 e. The fourth-order valence-corrected chi connectivity index (χ4v) is 2.85. The summed E-state index contributed by atoms with van der Waals surface area (Å²) in [5, 5.41) is 3.33. The predicted octanol–water partition coefficient (Wildman–Crippen LogP) is 3.91. The largest absolute Gasteiger partial charge is 0.494 e. The molecule has 0 saturated heterocycles. The molecule has 0 unspecified atom stereocenters. The standard InChI is InChI=1S/C21H20ClN3O3/c1-3-28-16-9-7-15(8-10-16)19-11-21(27)25(13-23-19)12-20(26)24-18-6-4-5-17(22)14(18)2/h4-11,13H,3,12H2,1-2H3,(H,24,26). The predicted molar refractivity (Wildman–Crippen MR) is 110 cm³/mol. The summed E-state index contributed by atoms with van der Waals surface area (Å²) in [7, 11) is 0. The number of halogens is 1. The van der Waals surface area contributed by atoms with Crippen molar-refractivity contribution < 1.29 is 9.53 Å². The van der Waals surface area contributed by atoms with E-state index in [0.717, 1.165) is 16.9 Å². The second kappa shape index (κ2) is 8.71. The lowest BCUT2D eigenvalue weighted by molar-refractivity contribution is -0.116. The zero-order valence-electron chi connectivity index (χ0n) is 15.6. The van der Waals surface area contributed by atoms with E-state index in [9.17, 15) is 9.59 Å². The number of amides is 1. The molecule has 3 aromatic rings. The fourth-order valence-electron chi connectivity index (χ4n) is 2.68. The SMILES string of the molecule is CCOc1ccc(-c2cc(=O)n(CC(=O)Nc3cccc(Cl)c3C)cn2)cc1. The minimum atomic E-state index is -0.330. The monoisotopic (exact) mass is 397 g/mol. The molecule has 28 heavy (non-hydrogen) atoms. The highest BCUT2D eigenvalue weighted by atomic mass is 35.5. The Balaban J connectivity index is 1.72. The molecule has 0 bridgehead atoms. The Kier molecular flexibility index (Phi) is 6.11. The molecule has 7 heteroatoms. The molecule has 1 N–H and O–H groups in total. The fraction of sp³-hybridized carbons (Fsp3) is 0.190. The van der Waals surface area contributed by atoms with Gasteiger partial charge in [0.15, 0.2) is 0 Å². The summed E-state index contributed by atoms with van der Waals surface area (Å²) in [6.45, 7) is 4.18. The Morgan fingerprint density at radius 3 is 2.64 bits per heavy atom. The summed E-state index contributed by atoms with van der Waals surface area (Å²) >= 11 is 6.06. The highest BCUT2D eigenvalue weighted by Crippen LogP contribution is 2.23. The van der Waals surface area contributed by atoms with Gasteiger partial charge in [0.05, 0.1) is 18.6 Å². The lowest BCUT2D eigenvalue weighted by Gasteiger charge is -2.11. The minimum absolute atomic E-state index is 0.138. The van der Waals surface area contributed by atoms with E-state index in [2.05, 4.69) is 10.3 Å². The number of aromatic nitrogens is 2. The first kappa shape index (κ1) is 19.6. The zero-order chi connectivity index (χ0) is 20.1. The lowest BCUT2D eigenvalue weighted by Crippen LogP contribution is -2.27. The van der Waals surface area contributed by atoms with Crippen molar-refractivity contribution in [2.24, 2.45) is 0 Å². The van der Waals surface area contributed by atoms with Crippen LogP contribution in [0.4, 0.5) is 5.69 Å². The number of nitrogens with one attached hydrogen (secondary N) is 1. The van der Waals surface area contributed by atoms with Gasteiger partial charge in [-0.25, -0.2) is 4.98 Å². The van der Waals surface area contributed by atoms with Crippen LogP contribution in [0.5, 0.6) is 5.75 Å². The van der Waals surface area contributed by atoms with Gasteiger partial charge in [0.25, 0.3) is 5.56 Å². The van der Waals surface area contributed by atoms with Crippen LogP contribution >= 0.6 is 11.6 Å². The van der Waals surface area contributed by atoms with Crippen LogP contribution in [-0.4, -0.2) is 22.1 Å². The van der Waals surface area contributed by atoms with E-state index in [1.165, 1.54) is 17.0 Å². The number of benzene rings is 2. The Labute approximate surface area is 167 Å². The van der Waals surface area contributed by atoms with Crippen LogP contribution < -0.4 is 15.6 Å². The van der Waals surface area contributed by atoms with Crippen LogP contribution in [0.15, 0.2) is 59.7 Å². The summed E-state index contributed by atoms with van der Waals surface area (Å²) in [6.07, 6.45) is 1.37. The van der Waals surface area contributed by atoms with E-state index in [1.54, 1.807) is 18.2 Å². The first-order valence-corrected chi connectivity index (χ1v) is 9.20. The van der Waals surface area contributed by atoms with E-state index < -0.39 is 0 Å². The van der Waals surface area contributed by atoms with Crippen LogP contribution in [0, 0.1) is 6.92 Å². The first-order valence-electron chi connectivity index (χ1n) is 8.82. The third kappa shape index (κ3) is 4.58. The molecule has 0 spiro atoms. The molecule has 6 nitrogen and oxygen atoms in total. The van der Waals surface area contributed by atoms with Crippen molar-refractivity contribution in [3.05, 3.63) is 75.8 Å². The van der Waals surface area contributed by atoms with Gasteiger partial charge in [-0.05, 0) is 55.8 Å². The van der Waals surface area contributed by atoms with Crippen LogP contribution in [0.2, 0.25) is 5.02 Å². The second-order valence-electron chi connectivity index (χ2n) is 6.16. The second-order valence-corrected chi connectivity index (χ2v) is 6.57. The molecular formula is C21H20ClN3O3. The molecular weight excluding hydrogens is 378 g/mol. The number of carbonyl (C=O) groups is 1. The maximum atomic E-state index is 12.4. The quantitative estimate of drug-likeness (QED) is 0.684. The Bertz CT molecular complexity index is 1050. The molecule has 0 aliphatic carbocycles. The van der Waals surface area contributed by atoms with Crippen LogP contribution in [-0.2, 0) is 11.3 Å².